The van der Waals surface area contributed by atoms with Crippen LogP contribution in [0.3, 0.4) is 0 Å². The minimum absolute atomic E-state index is 0.00957. The van der Waals surface area contributed by atoms with Gasteiger partial charge in [-0.15, -0.1) is 0 Å². The van der Waals surface area contributed by atoms with Gasteiger partial charge in [0, 0.05) is 64.9 Å². The quantitative estimate of drug-likeness (QED) is 0.0544. The van der Waals surface area contributed by atoms with E-state index >= 15 is 0 Å². The van der Waals surface area contributed by atoms with Crippen molar-refractivity contribution in [2.75, 3.05) is 0 Å². The van der Waals surface area contributed by atoms with Crippen molar-refractivity contribution in [2.24, 2.45) is 4.99 Å². The monoisotopic (exact) mass is 803 g/mol. The summed E-state index contributed by atoms with van der Waals surface area (Å²) in [4.78, 5) is 60.5. The Bertz CT molecular complexity index is 3010. The van der Waals surface area contributed by atoms with Crippen molar-refractivity contribution >= 4 is 46.6 Å². The molecule has 6 aromatic carbocycles. The van der Waals surface area contributed by atoms with Crippen LogP contribution in [0.2, 0.25) is 0 Å². The van der Waals surface area contributed by atoms with Gasteiger partial charge in [0.1, 0.15) is 51.7 Å². The molecule has 4 aliphatic heterocycles. The van der Waals surface area contributed by atoms with Crippen molar-refractivity contribution in [2.45, 2.75) is 24.0 Å². The third kappa shape index (κ3) is 4.90. The zero-order chi connectivity index (χ0) is 41.0. The molecular weight excluding hydrogens is 779 g/mol. The van der Waals surface area contributed by atoms with Crippen LogP contribution in [0, 0.1) is 0 Å². The maximum atomic E-state index is 14.8. The number of benzene rings is 6. The van der Waals surface area contributed by atoms with Gasteiger partial charge in [-0.2, -0.15) is 4.99 Å². The molecule has 0 saturated heterocycles. The molecule has 6 aromatic rings. The summed E-state index contributed by atoms with van der Waals surface area (Å²) in [5, 5.41) is 45.2. The molecular formula is C45H25NO12S. The molecule has 14 heteroatoms. The maximum absolute atomic E-state index is 14.8. The highest BCUT2D eigenvalue weighted by Crippen LogP contribution is 2.61. The number of fused-ring (bicyclic) bond motifs is 12. The highest BCUT2D eigenvalue weighted by atomic mass is 32.1. The molecule has 288 valence electrons. The molecule has 0 aromatic heterocycles. The topological polar surface area (TPSA) is 198 Å². The lowest BCUT2D eigenvalue weighted by Gasteiger charge is -2.38. The van der Waals surface area contributed by atoms with Crippen LogP contribution >= 0.6 is 12.2 Å². The van der Waals surface area contributed by atoms with Crippen LogP contribution in [-0.4, -0.2) is 49.1 Å². The van der Waals surface area contributed by atoms with E-state index in [1.54, 1.807) is 48.5 Å². The molecule has 4 heterocycles. The van der Waals surface area contributed by atoms with Gasteiger partial charge in [-0.25, -0.2) is 9.59 Å². The van der Waals surface area contributed by atoms with E-state index in [0.29, 0.717) is 16.7 Å². The molecule has 2 spiro atoms. The van der Waals surface area contributed by atoms with Gasteiger partial charge in [-0.3, -0.25) is 9.59 Å². The van der Waals surface area contributed by atoms with Gasteiger partial charge in [-0.1, -0.05) is 36.4 Å². The largest absolute Gasteiger partial charge is 0.508 e. The maximum Gasteiger partial charge on any atom is 0.340 e. The summed E-state index contributed by atoms with van der Waals surface area (Å²) in [6.45, 7) is 0. The fourth-order valence-corrected chi connectivity index (χ4v) is 8.82. The Morgan fingerprint density at radius 3 is 1.68 bits per heavy atom. The first kappa shape index (κ1) is 35.6. The first-order valence-electron chi connectivity index (χ1n) is 18.1. The summed E-state index contributed by atoms with van der Waals surface area (Å²) < 4.78 is 24.7. The van der Waals surface area contributed by atoms with Crippen LogP contribution in [-0.2, 0) is 20.7 Å². The summed E-state index contributed by atoms with van der Waals surface area (Å²) in [6, 6.07) is 25.2. The zero-order valence-corrected chi connectivity index (χ0v) is 31.0. The standard InChI is InChI=1S/C45H25NO12S/c47-21-9-11-29-34(16-21)55-36-18-23(49)15-26(39(36)44(29)27-7-3-1-5-24(27)42(53)57-44)31(50)13-14-32(51)38-40-37(19-33(52)41(38)46-20-59)56-35-17-22(48)10-12-30(35)45(40)28-8-4-2-6-25(28)43(54)58-45/h1-12,15-19,47-49,52H,13-14H2. The number of carbonyl (C=O) groups excluding carboxylic acids is 4. The lowest BCUT2D eigenvalue weighted by Crippen LogP contribution is -2.35. The highest BCUT2D eigenvalue weighted by Gasteiger charge is 2.57. The summed E-state index contributed by atoms with van der Waals surface area (Å²) in [7, 11) is 0. The minimum Gasteiger partial charge on any atom is -0.508 e. The average molecular weight is 804 g/mol. The van der Waals surface area contributed by atoms with Crippen LogP contribution < -0.4 is 9.47 Å². The first-order valence-corrected chi connectivity index (χ1v) is 18.5. The molecule has 0 bridgehead atoms. The SMILES string of the molecule is O=C1OC2(c3ccc(O)cc3Oc3cc(O)cc(C(=O)CCC(=O)c4c(N=C=S)c(O)cc5c4C4(OC(=O)c6ccccc64)c4ccc(O)cc4O5)c32)c2ccccc21. The number of phenols is 4. The third-order valence-electron chi connectivity index (χ3n) is 11.0. The Labute approximate surface area is 338 Å². The molecule has 0 fully saturated rings. The van der Waals surface area contributed by atoms with Gasteiger partial charge in [-0.05, 0) is 54.7 Å². The molecule has 4 N–H and O–H groups in total. The van der Waals surface area contributed by atoms with Crippen molar-refractivity contribution in [3.8, 4) is 46.0 Å². The Hall–Kier alpha value is -7.80. The molecule has 0 radical (unpaired) electrons. The number of phenolic OH excluding ortho intramolecular Hbond substituents is 4. The summed E-state index contributed by atoms with van der Waals surface area (Å²) in [5.74, 6) is -4.00. The molecule has 0 aliphatic carbocycles. The van der Waals surface area contributed by atoms with E-state index in [1.807, 2.05) is 0 Å². The number of rotatable bonds is 6. The van der Waals surface area contributed by atoms with Gasteiger partial charge < -0.3 is 39.4 Å². The Kier molecular flexibility index (Phi) is 7.60. The number of aliphatic imine (C=N–C) groups is 1. The normalized spacial score (nSPS) is 18.4. The molecule has 2 unspecified atom stereocenters. The summed E-state index contributed by atoms with van der Waals surface area (Å²) in [5.41, 5.74) is -2.56. The second-order valence-electron chi connectivity index (χ2n) is 14.2. The minimum atomic E-state index is -1.85. The number of ether oxygens (including phenoxy) is 4. The number of aromatic hydroxyl groups is 4. The number of ketones is 2. The third-order valence-corrected chi connectivity index (χ3v) is 11.1. The number of Topliss-reactive ketones (excluding diaryl/α,β-unsaturated/α-hetero) is 2. The zero-order valence-electron chi connectivity index (χ0n) is 30.1. The Morgan fingerprint density at radius 2 is 1.10 bits per heavy atom. The number of hydrogen-bond donors (Lipinski definition) is 4. The lowest BCUT2D eigenvalue weighted by atomic mass is 9.74. The van der Waals surface area contributed by atoms with Gasteiger partial charge >= 0.3 is 11.9 Å². The van der Waals surface area contributed by atoms with E-state index in [-0.39, 0.29) is 84.9 Å². The van der Waals surface area contributed by atoms with Crippen molar-refractivity contribution < 1.29 is 58.6 Å². The second kappa shape index (κ2) is 12.6. The number of nitrogens with zero attached hydrogens (tertiary/aromatic N) is 1. The van der Waals surface area contributed by atoms with Crippen LogP contribution in [0.1, 0.15) is 87.7 Å². The molecule has 0 saturated carbocycles. The van der Waals surface area contributed by atoms with Crippen LogP contribution in [0.15, 0.2) is 108 Å². The smallest absolute Gasteiger partial charge is 0.340 e. The second-order valence-corrected chi connectivity index (χ2v) is 14.4. The number of hydrogen-bond acceptors (Lipinski definition) is 14. The van der Waals surface area contributed by atoms with Crippen molar-refractivity contribution in [1.82, 2.24) is 0 Å². The lowest BCUT2D eigenvalue weighted by molar-refractivity contribution is 0.0210. The van der Waals surface area contributed by atoms with Gasteiger partial charge in [0.05, 0.1) is 33.0 Å². The number of esters is 2. The van der Waals surface area contributed by atoms with Crippen LogP contribution in [0.5, 0.6) is 46.0 Å². The Morgan fingerprint density at radius 1 is 0.593 bits per heavy atom. The van der Waals surface area contributed by atoms with Gasteiger partial charge in [0.2, 0.25) is 0 Å². The van der Waals surface area contributed by atoms with Crippen molar-refractivity contribution in [3.05, 3.63) is 159 Å². The number of isothiocyanates is 1. The van der Waals surface area contributed by atoms with E-state index in [1.165, 1.54) is 54.6 Å². The average Bonchev–Trinajstić information content (AvgIpc) is 3.67. The van der Waals surface area contributed by atoms with Crippen LogP contribution in [0.4, 0.5) is 5.69 Å². The molecule has 13 nitrogen and oxygen atoms in total. The van der Waals surface area contributed by atoms with Crippen molar-refractivity contribution in [3.63, 3.8) is 0 Å². The number of carbonyl (C=O) groups is 4. The van der Waals surface area contributed by atoms with Crippen molar-refractivity contribution in [1.29, 1.82) is 0 Å². The predicted molar refractivity (Wildman–Crippen MR) is 209 cm³/mol. The fourth-order valence-electron chi connectivity index (χ4n) is 8.73. The molecule has 2 atom stereocenters. The van der Waals surface area contributed by atoms with E-state index in [2.05, 4.69) is 10.2 Å². The van der Waals surface area contributed by atoms with E-state index in [9.17, 15) is 39.6 Å². The highest BCUT2D eigenvalue weighted by molar-refractivity contribution is 7.78. The van der Waals surface area contributed by atoms with E-state index in [4.69, 9.17) is 31.2 Å². The van der Waals surface area contributed by atoms with Gasteiger partial charge in [0.15, 0.2) is 22.8 Å². The van der Waals surface area contributed by atoms with E-state index in [0.717, 1.165) is 0 Å². The van der Waals surface area contributed by atoms with Gasteiger partial charge in [0.25, 0.3) is 0 Å². The Balaban J connectivity index is 1.11. The molecule has 4 aliphatic rings. The van der Waals surface area contributed by atoms with E-state index < -0.39 is 53.3 Å². The van der Waals surface area contributed by atoms with Crippen LogP contribution in [0.25, 0.3) is 0 Å². The number of thiocarbonyl (C=S) groups is 1. The first-order chi connectivity index (χ1) is 28.5. The predicted octanol–water partition coefficient (Wildman–Crippen LogP) is 8.23. The summed E-state index contributed by atoms with van der Waals surface area (Å²) >= 11 is 4.92. The summed E-state index contributed by atoms with van der Waals surface area (Å²) in [6.07, 6.45) is -1.05. The fraction of sp³-hybridized carbons (Fsp3) is 0.0889. The molecule has 10 rings (SSSR count). The molecule has 59 heavy (non-hydrogen) atoms. The molecule has 0 amide bonds.